The molecule has 1 aliphatic rings. The zero-order chi connectivity index (χ0) is 15.5. The molecule has 2 aromatic rings. The molecule has 0 unspecified atom stereocenters. The van der Waals surface area contributed by atoms with E-state index in [1.165, 1.54) is 25.0 Å². The van der Waals surface area contributed by atoms with Gasteiger partial charge in [0.25, 0.3) is 0 Å². The van der Waals surface area contributed by atoms with E-state index in [0.717, 1.165) is 17.9 Å². The van der Waals surface area contributed by atoms with Gasteiger partial charge in [-0.25, -0.2) is 9.37 Å². The Morgan fingerprint density at radius 1 is 1.45 bits per heavy atom. The molecule has 1 saturated carbocycles. The third-order valence-electron chi connectivity index (χ3n) is 4.00. The average Bonchev–Trinajstić information content (AvgIpc) is 3.19. The molecule has 1 heterocycles. The summed E-state index contributed by atoms with van der Waals surface area (Å²) in [6.07, 6.45) is 6.02. The fourth-order valence-corrected chi connectivity index (χ4v) is 2.55. The molecule has 1 amide bonds. The summed E-state index contributed by atoms with van der Waals surface area (Å²) in [7, 11) is 0. The first-order valence-electron chi connectivity index (χ1n) is 7.62. The van der Waals surface area contributed by atoms with Crippen molar-refractivity contribution in [2.75, 3.05) is 6.54 Å². The van der Waals surface area contributed by atoms with Gasteiger partial charge < -0.3 is 9.47 Å². The van der Waals surface area contributed by atoms with Crippen LogP contribution in [0.3, 0.4) is 0 Å². The van der Waals surface area contributed by atoms with Crippen molar-refractivity contribution in [3.63, 3.8) is 0 Å². The Morgan fingerprint density at radius 3 is 2.95 bits per heavy atom. The van der Waals surface area contributed by atoms with Crippen molar-refractivity contribution in [1.29, 1.82) is 0 Å². The molecule has 1 fully saturated rings. The Kier molecular flexibility index (Phi) is 4.22. The van der Waals surface area contributed by atoms with Crippen LogP contribution in [0.15, 0.2) is 36.7 Å². The third-order valence-corrected chi connectivity index (χ3v) is 4.00. The molecule has 0 spiro atoms. The second-order valence-corrected chi connectivity index (χ2v) is 5.94. The molecule has 22 heavy (non-hydrogen) atoms. The van der Waals surface area contributed by atoms with Gasteiger partial charge in [-0.05, 0) is 36.5 Å². The molecule has 4 nitrogen and oxygen atoms in total. The highest BCUT2D eigenvalue weighted by Gasteiger charge is 2.26. The summed E-state index contributed by atoms with van der Waals surface area (Å²) < 4.78 is 15.3. The Bertz CT molecular complexity index is 663. The summed E-state index contributed by atoms with van der Waals surface area (Å²) in [5, 5.41) is 0. The van der Waals surface area contributed by atoms with Gasteiger partial charge in [0.1, 0.15) is 11.6 Å². The standard InChI is InChI=1S/C17H20FN3O/c1-13(22)21(10-14-5-6-14)12-17-19-7-8-20(17)11-15-3-2-4-16(18)9-15/h2-4,7-9,14H,5-6,10-12H2,1H3. The predicted octanol–water partition coefficient (Wildman–Crippen LogP) is 2.83. The highest BCUT2D eigenvalue weighted by Crippen LogP contribution is 2.30. The number of benzene rings is 1. The molecule has 0 radical (unpaired) electrons. The fraction of sp³-hybridized carbons (Fsp3) is 0.412. The molecule has 0 atom stereocenters. The van der Waals surface area contributed by atoms with E-state index in [1.807, 2.05) is 21.7 Å². The minimum Gasteiger partial charge on any atom is -0.335 e. The number of aromatic nitrogens is 2. The number of hydrogen-bond donors (Lipinski definition) is 0. The molecule has 1 aromatic carbocycles. The van der Waals surface area contributed by atoms with Crippen LogP contribution in [-0.2, 0) is 17.9 Å². The summed E-state index contributed by atoms with van der Waals surface area (Å²) >= 11 is 0. The molecule has 3 rings (SSSR count). The lowest BCUT2D eigenvalue weighted by atomic mass is 10.2. The molecule has 5 heteroatoms. The van der Waals surface area contributed by atoms with Crippen molar-refractivity contribution in [2.45, 2.75) is 32.9 Å². The lowest BCUT2D eigenvalue weighted by Gasteiger charge is -2.21. The van der Waals surface area contributed by atoms with Crippen LogP contribution in [0.4, 0.5) is 4.39 Å². The number of carbonyl (C=O) groups is 1. The van der Waals surface area contributed by atoms with Crippen molar-refractivity contribution in [2.24, 2.45) is 5.92 Å². The van der Waals surface area contributed by atoms with Gasteiger partial charge in [0.2, 0.25) is 5.91 Å². The van der Waals surface area contributed by atoms with Gasteiger partial charge in [-0.2, -0.15) is 0 Å². The van der Waals surface area contributed by atoms with E-state index < -0.39 is 0 Å². The first kappa shape index (κ1) is 14.8. The predicted molar refractivity (Wildman–Crippen MR) is 81.5 cm³/mol. The van der Waals surface area contributed by atoms with Crippen molar-refractivity contribution in [1.82, 2.24) is 14.5 Å². The summed E-state index contributed by atoms with van der Waals surface area (Å²) in [4.78, 5) is 18.0. The maximum absolute atomic E-state index is 13.3. The van der Waals surface area contributed by atoms with Crippen LogP contribution < -0.4 is 0 Å². The normalized spacial score (nSPS) is 14.1. The topological polar surface area (TPSA) is 38.1 Å². The number of hydrogen-bond acceptors (Lipinski definition) is 2. The number of nitrogens with zero attached hydrogens (tertiary/aromatic N) is 3. The Morgan fingerprint density at radius 2 is 2.27 bits per heavy atom. The van der Waals surface area contributed by atoms with E-state index in [0.29, 0.717) is 19.0 Å². The van der Waals surface area contributed by atoms with Crippen LogP contribution in [0.2, 0.25) is 0 Å². The summed E-state index contributed by atoms with van der Waals surface area (Å²) in [6, 6.07) is 6.55. The van der Waals surface area contributed by atoms with Crippen molar-refractivity contribution >= 4 is 5.91 Å². The molecular formula is C17H20FN3O. The Labute approximate surface area is 129 Å². The monoisotopic (exact) mass is 301 g/mol. The van der Waals surface area contributed by atoms with Gasteiger partial charge in [0.05, 0.1) is 6.54 Å². The molecule has 116 valence electrons. The third kappa shape index (κ3) is 3.72. The van der Waals surface area contributed by atoms with Gasteiger partial charge in [-0.1, -0.05) is 12.1 Å². The second kappa shape index (κ2) is 6.30. The maximum atomic E-state index is 13.3. The van der Waals surface area contributed by atoms with E-state index in [1.54, 1.807) is 19.2 Å². The second-order valence-electron chi connectivity index (χ2n) is 5.94. The first-order chi connectivity index (χ1) is 10.6. The van der Waals surface area contributed by atoms with Crippen LogP contribution in [0.5, 0.6) is 0 Å². The summed E-state index contributed by atoms with van der Waals surface area (Å²) in [5.74, 6) is 1.32. The quantitative estimate of drug-likeness (QED) is 0.823. The number of amides is 1. The number of carbonyl (C=O) groups excluding carboxylic acids is 1. The Hall–Kier alpha value is -2.17. The SMILES string of the molecule is CC(=O)N(Cc1nccn1Cc1cccc(F)c1)CC1CC1. The summed E-state index contributed by atoms with van der Waals surface area (Å²) in [5.41, 5.74) is 0.885. The van der Waals surface area contributed by atoms with E-state index in [4.69, 9.17) is 0 Å². The van der Waals surface area contributed by atoms with E-state index in [9.17, 15) is 9.18 Å². The fourth-order valence-electron chi connectivity index (χ4n) is 2.55. The van der Waals surface area contributed by atoms with Crippen molar-refractivity contribution < 1.29 is 9.18 Å². The number of rotatable bonds is 6. The maximum Gasteiger partial charge on any atom is 0.219 e. The van der Waals surface area contributed by atoms with Gasteiger partial charge >= 0.3 is 0 Å². The minimum absolute atomic E-state index is 0.0761. The number of imidazole rings is 1. The van der Waals surface area contributed by atoms with E-state index in [-0.39, 0.29) is 11.7 Å². The molecule has 0 saturated heterocycles. The largest absolute Gasteiger partial charge is 0.335 e. The molecule has 0 aliphatic heterocycles. The van der Waals surface area contributed by atoms with Crippen molar-refractivity contribution in [3.05, 3.63) is 53.9 Å². The molecule has 1 aromatic heterocycles. The molecule has 0 bridgehead atoms. The van der Waals surface area contributed by atoms with E-state index in [2.05, 4.69) is 4.98 Å². The number of halogens is 1. The lowest BCUT2D eigenvalue weighted by molar-refractivity contribution is -0.129. The van der Waals surface area contributed by atoms with Crippen molar-refractivity contribution in [3.8, 4) is 0 Å². The average molecular weight is 301 g/mol. The highest BCUT2D eigenvalue weighted by molar-refractivity contribution is 5.73. The van der Waals surface area contributed by atoms with Gasteiger partial charge in [0, 0.05) is 32.4 Å². The highest BCUT2D eigenvalue weighted by atomic mass is 19.1. The van der Waals surface area contributed by atoms with Crippen LogP contribution in [0.25, 0.3) is 0 Å². The summed E-state index contributed by atoms with van der Waals surface area (Å²) in [6.45, 7) is 3.47. The van der Waals surface area contributed by atoms with Crippen LogP contribution in [0, 0.1) is 11.7 Å². The van der Waals surface area contributed by atoms with Gasteiger partial charge in [0.15, 0.2) is 0 Å². The van der Waals surface area contributed by atoms with Crippen LogP contribution in [0.1, 0.15) is 31.2 Å². The zero-order valence-electron chi connectivity index (χ0n) is 12.7. The molecule has 1 aliphatic carbocycles. The zero-order valence-corrected chi connectivity index (χ0v) is 12.7. The molecule has 0 N–H and O–H groups in total. The van der Waals surface area contributed by atoms with Gasteiger partial charge in [-0.15, -0.1) is 0 Å². The van der Waals surface area contributed by atoms with E-state index >= 15 is 0 Å². The lowest BCUT2D eigenvalue weighted by Crippen LogP contribution is -2.31. The van der Waals surface area contributed by atoms with Gasteiger partial charge in [-0.3, -0.25) is 4.79 Å². The smallest absolute Gasteiger partial charge is 0.219 e. The minimum atomic E-state index is -0.238. The van der Waals surface area contributed by atoms with Crippen LogP contribution >= 0.6 is 0 Å². The Balaban J connectivity index is 1.71. The van der Waals surface area contributed by atoms with Crippen LogP contribution in [-0.4, -0.2) is 26.9 Å². The molecular weight excluding hydrogens is 281 g/mol. The first-order valence-corrected chi connectivity index (χ1v) is 7.62.